The Balaban J connectivity index is 1.92. The fourth-order valence-electron chi connectivity index (χ4n) is 3.87. The summed E-state index contributed by atoms with van der Waals surface area (Å²) in [7, 11) is -3.83. The molecule has 0 heterocycles. The van der Waals surface area contributed by atoms with E-state index in [1.54, 1.807) is 37.3 Å². The molecule has 6 heteroatoms. The third-order valence-electron chi connectivity index (χ3n) is 5.48. The van der Waals surface area contributed by atoms with Gasteiger partial charge < -0.3 is 5.32 Å². The first-order valence-corrected chi connectivity index (χ1v) is 10.9. The molecule has 3 rings (SSSR count). The number of amides is 1. The lowest BCUT2D eigenvalue weighted by Crippen LogP contribution is -2.50. The van der Waals surface area contributed by atoms with Crippen LogP contribution in [-0.2, 0) is 21.2 Å². The van der Waals surface area contributed by atoms with Gasteiger partial charge in [-0.25, -0.2) is 8.42 Å². The van der Waals surface area contributed by atoms with Crippen LogP contribution >= 0.6 is 0 Å². The maximum absolute atomic E-state index is 13.6. The molecule has 5 nitrogen and oxygen atoms in total. The molecular weight excluding hydrogens is 372 g/mol. The summed E-state index contributed by atoms with van der Waals surface area (Å²) in [5.74, 6) is -0.451. The van der Waals surface area contributed by atoms with E-state index in [2.05, 4.69) is 11.4 Å². The van der Waals surface area contributed by atoms with Gasteiger partial charge in [0.05, 0.1) is 16.5 Å². The molecule has 1 fully saturated rings. The Morgan fingerprint density at radius 3 is 2.54 bits per heavy atom. The molecular formula is C22H24N2O3S. The minimum atomic E-state index is -3.83. The second-order valence-electron chi connectivity index (χ2n) is 7.47. The normalized spacial score (nSPS) is 15.8. The van der Waals surface area contributed by atoms with Crippen LogP contribution in [0.2, 0.25) is 0 Å². The molecule has 1 N–H and O–H groups in total. The smallest absolute Gasteiger partial charge is 0.242 e. The standard InChI is InChI=1S/C22H24N2O3S/c1-16-8-9-17(2)20(12-16)28(26,27)22(10-3-4-11-22)21(25)24-15-19-7-5-6-18(13-19)14-23/h5-9,12-13H,3-4,10-11,15H2,1-2H3,(H,24,25). The highest BCUT2D eigenvalue weighted by molar-refractivity contribution is 7.93. The SMILES string of the molecule is Cc1ccc(C)c(S(=O)(=O)C2(C(=O)NCc3cccc(C#N)c3)CCCC2)c1. The molecule has 0 unspecified atom stereocenters. The molecule has 2 aromatic carbocycles. The molecule has 28 heavy (non-hydrogen) atoms. The Kier molecular flexibility index (Phi) is 5.57. The maximum Gasteiger partial charge on any atom is 0.242 e. The molecule has 0 aromatic heterocycles. The van der Waals surface area contributed by atoms with E-state index in [1.165, 1.54) is 0 Å². The van der Waals surface area contributed by atoms with Gasteiger partial charge in [0.2, 0.25) is 5.91 Å². The largest absolute Gasteiger partial charge is 0.351 e. The summed E-state index contributed by atoms with van der Waals surface area (Å²) in [6.45, 7) is 3.81. The van der Waals surface area contributed by atoms with Crippen molar-refractivity contribution in [2.24, 2.45) is 0 Å². The Hall–Kier alpha value is -2.65. The van der Waals surface area contributed by atoms with Gasteiger partial charge in [0.25, 0.3) is 0 Å². The van der Waals surface area contributed by atoms with Crippen LogP contribution in [0.5, 0.6) is 0 Å². The van der Waals surface area contributed by atoms with Crippen LogP contribution in [0.3, 0.4) is 0 Å². The number of aryl methyl sites for hydroxylation is 2. The van der Waals surface area contributed by atoms with Crippen molar-refractivity contribution in [1.82, 2.24) is 5.32 Å². The van der Waals surface area contributed by atoms with Crippen molar-refractivity contribution in [3.8, 4) is 6.07 Å². The lowest BCUT2D eigenvalue weighted by molar-refractivity contribution is -0.123. The van der Waals surface area contributed by atoms with Gasteiger partial charge in [-0.2, -0.15) is 5.26 Å². The van der Waals surface area contributed by atoms with Crippen LogP contribution in [0.4, 0.5) is 0 Å². The fourth-order valence-corrected chi connectivity index (χ4v) is 6.26. The minimum Gasteiger partial charge on any atom is -0.351 e. The molecule has 146 valence electrons. The van der Waals surface area contributed by atoms with Gasteiger partial charge in [0, 0.05) is 6.54 Å². The average Bonchev–Trinajstić information content (AvgIpc) is 3.20. The fraction of sp³-hybridized carbons (Fsp3) is 0.364. The lowest BCUT2D eigenvalue weighted by Gasteiger charge is -2.28. The molecule has 0 saturated heterocycles. The molecule has 0 aliphatic heterocycles. The molecule has 1 amide bonds. The molecule has 1 aliphatic rings. The zero-order valence-corrected chi connectivity index (χ0v) is 17.0. The zero-order valence-electron chi connectivity index (χ0n) is 16.2. The lowest BCUT2D eigenvalue weighted by atomic mass is 10.1. The van der Waals surface area contributed by atoms with Gasteiger partial charge in [0.1, 0.15) is 0 Å². The van der Waals surface area contributed by atoms with E-state index >= 15 is 0 Å². The number of carbonyl (C=O) groups is 1. The maximum atomic E-state index is 13.6. The highest BCUT2D eigenvalue weighted by Gasteiger charge is 2.53. The summed E-state index contributed by atoms with van der Waals surface area (Å²) in [4.78, 5) is 13.4. The minimum absolute atomic E-state index is 0.193. The number of sulfone groups is 1. The molecule has 0 spiro atoms. The molecule has 0 bridgehead atoms. The summed E-state index contributed by atoms with van der Waals surface area (Å²) < 4.78 is 25.7. The van der Waals surface area contributed by atoms with Crippen molar-refractivity contribution in [1.29, 1.82) is 5.26 Å². The van der Waals surface area contributed by atoms with Crippen molar-refractivity contribution in [2.45, 2.75) is 55.7 Å². The van der Waals surface area contributed by atoms with Gasteiger partial charge in [0.15, 0.2) is 14.6 Å². The monoisotopic (exact) mass is 396 g/mol. The predicted octanol–water partition coefficient (Wildman–Crippen LogP) is 3.58. The number of hydrogen-bond donors (Lipinski definition) is 1. The topological polar surface area (TPSA) is 87.0 Å². The number of nitrogens with one attached hydrogen (secondary N) is 1. The van der Waals surface area contributed by atoms with E-state index in [4.69, 9.17) is 5.26 Å². The van der Waals surface area contributed by atoms with Gasteiger partial charge in [-0.1, -0.05) is 37.1 Å². The van der Waals surface area contributed by atoms with Gasteiger partial charge >= 0.3 is 0 Å². The third-order valence-corrected chi connectivity index (χ3v) is 8.12. The van der Waals surface area contributed by atoms with Crippen LogP contribution in [-0.4, -0.2) is 19.1 Å². The van der Waals surface area contributed by atoms with Crippen molar-refractivity contribution in [3.63, 3.8) is 0 Å². The van der Waals surface area contributed by atoms with Gasteiger partial charge in [-0.15, -0.1) is 0 Å². The summed E-state index contributed by atoms with van der Waals surface area (Å²) in [6.07, 6.45) is 2.07. The summed E-state index contributed by atoms with van der Waals surface area (Å²) in [5, 5.41) is 11.8. The number of benzene rings is 2. The summed E-state index contributed by atoms with van der Waals surface area (Å²) >= 11 is 0. The first kappa shape index (κ1) is 20.1. The first-order chi connectivity index (χ1) is 13.3. The van der Waals surface area contributed by atoms with Crippen LogP contribution < -0.4 is 5.32 Å². The van der Waals surface area contributed by atoms with Crippen LogP contribution in [0.25, 0.3) is 0 Å². The Labute approximate surface area is 166 Å². The highest BCUT2D eigenvalue weighted by atomic mass is 32.2. The van der Waals surface area contributed by atoms with Crippen molar-refractivity contribution in [2.75, 3.05) is 0 Å². The van der Waals surface area contributed by atoms with Crippen LogP contribution in [0.15, 0.2) is 47.4 Å². The Morgan fingerprint density at radius 1 is 1.14 bits per heavy atom. The van der Waals surface area contributed by atoms with E-state index in [9.17, 15) is 13.2 Å². The highest BCUT2D eigenvalue weighted by Crippen LogP contribution is 2.41. The van der Waals surface area contributed by atoms with E-state index in [0.29, 0.717) is 36.8 Å². The molecule has 0 atom stereocenters. The Morgan fingerprint density at radius 2 is 1.86 bits per heavy atom. The second-order valence-corrected chi connectivity index (χ2v) is 9.70. The second kappa shape index (κ2) is 7.76. The quantitative estimate of drug-likeness (QED) is 0.837. The van der Waals surface area contributed by atoms with Crippen LogP contribution in [0.1, 0.15) is 47.9 Å². The number of nitrogens with zero attached hydrogens (tertiary/aromatic N) is 1. The predicted molar refractivity (Wildman–Crippen MR) is 107 cm³/mol. The summed E-state index contributed by atoms with van der Waals surface area (Å²) in [5.41, 5.74) is 2.78. The molecule has 2 aromatic rings. The van der Waals surface area contributed by atoms with E-state index in [0.717, 1.165) is 11.1 Å². The third kappa shape index (κ3) is 3.55. The number of nitriles is 1. The van der Waals surface area contributed by atoms with E-state index < -0.39 is 20.5 Å². The Bertz CT molecular complexity index is 1050. The van der Waals surface area contributed by atoms with Crippen molar-refractivity contribution < 1.29 is 13.2 Å². The first-order valence-electron chi connectivity index (χ1n) is 9.39. The summed E-state index contributed by atoms with van der Waals surface area (Å²) in [6, 6.07) is 14.3. The van der Waals surface area contributed by atoms with E-state index in [-0.39, 0.29) is 11.4 Å². The molecule has 1 saturated carbocycles. The molecule has 0 radical (unpaired) electrons. The van der Waals surface area contributed by atoms with Crippen molar-refractivity contribution in [3.05, 3.63) is 64.7 Å². The number of hydrogen-bond acceptors (Lipinski definition) is 4. The van der Waals surface area contributed by atoms with Crippen LogP contribution in [0, 0.1) is 25.2 Å². The zero-order chi connectivity index (χ0) is 20.4. The van der Waals surface area contributed by atoms with Gasteiger partial charge in [-0.05, 0) is 61.6 Å². The van der Waals surface area contributed by atoms with Gasteiger partial charge in [-0.3, -0.25) is 4.79 Å². The average molecular weight is 397 g/mol. The number of rotatable bonds is 5. The van der Waals surface area contributed by atoms with E-state index in [1.807, 2.05) is 19.1 Å². The number of carbonyl (C=O) groups excluding carboxylic acids is 1. The molecule has 1 aliphatic carbocycles. The van der Waals surface area contributed by atoms with Crippen molar-refractivity contribution >= 4 is 15.7 Å².